The molecule has 43 heavy (non-hydrogen) atoms. The van der Waals surface area contributed by atoms with E-state index < -0.39 is 10.0 Å². The van der Waals surface area contributed by atoms with Crippen LogP contribution in [0.25, 0.3) is 11.0 Å². The summed E-state index contributed by atoms with van der Waals surface area (Å²) in [4.78, 5) is 15.9. The van der Waals surface area contributed by atoms with Crippen LogP contribution in [0.15, 0.2) is 104 Å². The third-order valence-corrected chi connectivity index (χ3v) is 11.6. The fraction of sp³-hybridized carbons (Fsp3) is 0.242. The Labute approximate surface area is 264 Å². The molecule has 0 bridgehead atoms. The van der Waals surface area contributed by atoms with Crippen LogP contribution in [0, 0.1) is 6.92 Å². The van der Waals surface area contributed by atoms with Crippen molar-refractivity contribution in [2.24, 2.45) is 0 Å². The number of aryl methyl sites for hydroxylation is 1. The maximum atomic E-state index is 14.4. The number of benzene rings is 3. The van der Waals surface area contributed by atoms with Crippen molar-refractivity contribution in [3.63, 3.8) is 0 Å². The Kier molecular flexibility index (Phi) is 8.61. The molecule has 1 saturated heterocycles. The molecule has 6 rings (SSSR count). The van der Waals surface area contributed by atoms with E-state index in [1.165, 1.54) is 11.3 Å². The topological polar surface area (TPSA) is 82.9 Å². The van der Waals surface area contributed by atoms with Gasteiger partial charge in [-0.25, -0.2) is 8.42 Å². The molecule has 0 spiro atoms. The number of hydrogen-bond acceptors (Lipinski definition) is 6. The lowest BCUT2D eigenvalue weighted by Gasteiger charge is -2.37. The molecule has 2 aromatic heterocycles. The largest absolute Gasteiger partial charge is 0.464 e. The van der Waals surface area contributed by atoms with Gasteiger partial charge in [0, 0.05) is 35.5 Å². The lowest BCUT2D eigenvalue weighted by Crippen LogP contribution is -2.45. The average Bonchev–Trinajstić information content (AvgIpc) is 3.63. The Hall–Kier alpha value is -3.60. The zero-order valence-corrected chi connectivity index (χ0v) is 26.9. The summed E-state index contributed by atoms with van der Waals surface area (Å²) >= 11 is 4.87. The number of sulfonamides is 1. The van der Waals surface area contributed by atoms with Crippen LogP contribution in [0.2, 0.25) is 0 Å². The first-order valence-electron chi connectivity index (χ1n) is 14.2. The van der Waals surface area contributed by atoms with Gasteiger partial charge in [0.05, 0.1) is 22.5 Å². The second kappa shape index (κ2) is 12.6. The number of carbonyl (C=O) groups excluding carboxylic acids is 1. The van der Waals surface area contributed by atoms with Gasteiger partial charge < -0.3 is 14.6 Å². The highest BCUT2D eigenvalue weighted by molar-refractivity contribution is 9.10. The minimum atomic E-state index is -3.92. The van der Waals surface area contributed by atoms with E-state index in [4.69, 9.17) is 4.42 Å². The number of nitrogens with zero attached hydrogens (tertiary/aromatic N) is 2. The fourth-order valence-corrected chi connectivity index (χ4v) is 8.54. The lowest BCUT2D eigenvalue weighted by atomic mass is 10.0. The van der Waals surface area contributed by atoms with E-state index in [0.29, 0.717) is 35.7 Å². The summed E-state index contributed by atoms with van der Waals surface area (Å²) in [5.41, 5.74) is 4.13. The molecule has 0 aliphatic carbocycles. The van der Waals surface area contributed by atoms with Crippen molar-refractivity contribution in [3.05, 3.63) is 111 Å². The zero-order valence-electron chi connectivity index (χ0n) is 23.7. The first kappa shape index (κ1) is 29.5. The number of carbonyl (C=O) groups is 1. The van der Waals surface area contributed by atoms with Crippen molar-refractivity contribution in [2.45, 2.75) is 37.1 Å². The average molecular weight is 679 g/mol. The highest BCUT2D eigenvalue weighted by atomic mass is 79.9. The van der Waals surface area contributed by atoms with E-state index in [0.717, 1.165) is 39.5 Å². The Morgan fingerprint density at radius 1 is 1.05 bits per heavy atom. The predicted octanol–water partition coefficient (Wildman–Crippen LogP) is 7.40. The Morgan fingerprint density at radius 2 is 1.79 bits per heavy atom. The summed E-state index contributed by atoms with van der Waals surface area (Å²) in [6.07, 6.45) is 3.73. The predicted molar refractivity (Wildman–Crippen MR) is 177 cm³/mol. The molecule has 10 heteroatoms. The molecule has 1 N–H and O–H groups in total. The molecule has 1 aliphatic rings. The summed E-state index contributed by atoms with van der Waals surface area (Å²) in [5, 5.41) is 5.85. The summed E-state index contributed by atoms with van der Waals surface area (Å²) in [6, 6.07) is 24.6. The van der Waals surface area contributed by atoms with E-state index in [2.05, 4.69) is 26.1 Å². The van der Waals surface area contributed by atoms with Crippen LogP contribution < -0.4 is 14.5 Å². The molecule has 3 heterocycles. The van der Waals surface area contributed by atoms with Gasteiger partial charge in [0.25, 0.3) is 15.9 Å². The van der Waals surface area contributed by atoms with Crippen molar-refractivity contribution in [3.8, 4) is 0 Å². The van der Waals surface area contributed by atoms with Crippen LogP contribution in [0.1, 0.15) is 33.6 Å². The maximum absolute atomic E-state index is 14.4. The van der Waals surface area contributed by atoms with Crippen LogP contribution in [0.4, 0.5) is 11.4 Å². The molecular formula is C33H32BrN3O4S2. The number of halogens is 1. The molecular weight excluding hydrogens is 646 g/mol. The van der Waals surface area contributed by atoms with Gasteiger partial charge in [-0.15, -0.1) is 11.3 Å². The highest BCUT2D eigenvalue weighted by Gasteiger charge is 2.30. The molecule has 0 unspecified atom stereocenters. The summed E-state index contributed by atoms with van der Waals surface area (Å²) in [6.45, 7) is 3.59. The van der Waals surface area contributed by atoms with Gasteiger partial charge in [0.2, 0.25) is 0 Å². The van der Waals surface area contributed by atoms with Crippen LogP contribution in [0.5, 0.6) is 0 Å². The normalized spacial score (nSPS) is 14.2. The van der Waals surface area contributed by atoms with Crippen molar-refractivity contribution >= 4 is 65.5 Å². The SMILES string of the molecule is Cc1coc2ccc(S(=O)(=O)N(CCc3ccccc3)c3ccccc3N3CCC(NC(=O)c4sccc4Br)CC3)cc12. The summed E-state index contributed by atoms with van der Waals surface area (Å²) in [7, 11) is -3.92. The number of rotatable bonds is 9. The number of hydrogen-bond donors (Lipinski definition) is 1. The molecule has 1 fully saturated rings. The van der Waals surface area contributed by atoms with Crippen LogP contribution >= 0.6 is 27.3 Å². The lowest BCUT2D eigenvalue weighted by molar-refractivity contribution is 0.0934. The monoisotopic (exact) mass is 677 g/mol. The van der Waals surface area contributed by atoms with Crippen molar-refractivity contribution in [1.82, 2.24) is 5.32 Å². The fourth-order valence-electron chi connectivity index (χ4n) is 5.58. The quantitative estimate of drug-likeness (QED) is 0.176. The van der Waals surface area contributed by atoms with Gasteiger partial charge in [-0.3, -0.25) is 9.10 Å². The van der Waals surface area contributed by atoms with Gasteiger partial charge >= 0.3 is 0 Å². The Balaban J connectivity index is 1.28. The molecule has 5 aromatic rings. The number of piperidine rings is 1. The molecule has 7 nitrogen and oxygen atoms in total. The van der Waals surface area contributed by atoms with Crippen LogP contribution in [-0.4, -0.2) is 40.0 Å². The number of para-hydroxylation sites is 2. The Morgan fingerprint density at radius 3 is 2.53 bits per heavy atom. The molecule has 1 amide bonds. The van der Waals surface area contributed by atoms with Gasteiger partial charge in [0.15, 0.2) is 0 Å². The summed E-state index contributed by atoms with van der Waals surface area (Å²) < 4.78 is 36.7. The number of furan rings is 1. The molecule has 0 saturated carbocycles. The standard InChI is InChI=1S/C33H32BrN3O4S2/c1-23-22-41-31-12-11-26(21-27(23)31)43(39,40)37(19-13-24-7-3-2-4-8-24)30-10-6-5-9-29(30)36-17-14-25(15-18-36)35-33(38)32-28(34)16-20-42-32/h2-12,16,20-22,25H,13-15,17-19H2,1H3,(H,35,38). The highest BCUT2D eigenvalue weighted by Crippen LogP contribution is 2.36. The second-order valence-corrected chi connectivity index (χ2v) is 14.3. The van der Waals surface area contributed by atoms with Gasteiger partial charge in [0.1, 0.15) is 10.5 Å². The summed E-state index contributed by atoms with van der Waals surface area (Å²) in [5.74, 6) is -0.0660. The minimum Gasteiger partial charge on any atom is -0.464 e. The van der Waals surface area contributed by atoms with E-state index in [9.17, 15) is 13.2 Å². The third-order valence-electron chi connectivity index (χ3n) is 7.92. The number of fused-ring (bicyclic) bond motifs is 1. The van der Waals surface area contributed by atoms with E-state index >= 15 is 0 Å². The van der Waals surface area contributed by atoms with Crippen LogP contribution in [0.3, 0.4) is 0 Å². The van der Waals surface area contributed by atoms with E-state index in [1.807, 2.05) is 73.0 Å². The van der Waals surface area contributed by atoms with Gasteiger partial charge in [-0.2, -0.15) is 0 Å². The first-order valence-corrected chi connectivity index (χ1v) is 17.3. The second-order valence-electron chi connectivity index (χ2n) is 10.7. The molecule has 222 valence electrons. The molecule has 3 aromatic carbocycles. The number of nitrogens with one attached hydrogen (secondary N) is 1. The van der Waals surface area contributed by atoms with Gasteiger partial charge in [-0.1, -0.05) is 42.5 Å². The smallest absolute Gasteiger partial charge is 0.264 e. The van der Waals surface area contributed by atoms with Crippen LogP contribution in [-0.2, 0) is 16.4 Å². The van der Waals surface area contributed by atoms with Crippen molar-refractivity contribution in [1.29, 1.82) is 0 Å². The number of anilines is 2. The number of amides is 1. The molecule has 1 aliphatic heterocycles. The third kappa shape index (κ3) is 6.23. The first-order chi connectivity index (χ1) is 20.8. The number of thiophene rings is 1. The minimum absolute atomic E-state index is 0.0488. The van der Waals surface area contributed by atoms with E-state index in [-0.39, 0.29) is 23.4 Å². The van der Waals surface area contributed by atoms with Crippen molar-refractivity contribution in [2.75, 3.05) is 28.8 Å². The van der Waals surface area contributed by atoms with Crippen molar-refractivity contribution < 1.29 is 17.6 Å². The Bertz CT molecular complexity index is 1840. The van der Waals surface area contributed by atoms with E-state index in [1.54, 1.807) is 28.8 Å². The maximum Gasteiger partial charge on any atom is 0.264 e. The zero-order chi connectivity index (χ0) is 30.0. The van der Waals surface area contributed by atoms with Gasteiger partial charge in [-0.05, 0) is 95.0 Å². The molecule has 0 atom stereocenters. The molecule has 0 radical (unpaired) electrons.